The number of pyridine rings is 1. The van der Waals surface area contributed by atoms with Gasteiger partial charge in [0.05, 0.1) is 24.1 Å². The second kappa shape index (κ2) is 9.57. The molecule has 0 aliphatic carbocycles. The van der Waals surface area contributed by atoms with Crippen molar-refractivity contribution in [1.29, 1.82) is 0 Å². The number of aliphatic carboxylic acids is 1. The van der Waals surface area contributed by atoms with Gasteiger partial charge in [-0.3, -0.25) is 14.6 Å². The van der Waals surface area contributed by atoms with E-state index in [0.29, 0.717) is 22.8 Å². The molecular weight excluding hydrogens is 354 g/mol. The van der Waals surface area contributed by atoms with Crippen molar-refractivity contribution in [1.82, 2.24) is 10.4 Å². The largest absolute Gasteiger partial charge is 0.496 e. The summed E-state index contributed by atoms with van der Waals surface area (Å²) in [6, 6.07) is 8.84. The lowest BCUT2D eigenvalue weighted by atomic mass is 10.1. The summed E-state index contributed by atoms with van der Waals surface area (Å²) in [5, 5.41) is 12.9. The third-order valence-electron chi connectivity index (χ3n) is 3.43. The number of ether oxygens (including phenoxy) is 1. The molecule has 0 bridgehead atoms. The van der Waals surface area contributed by atoms with Crippen LogP contribution >= 0.6 is 11.8 Å². The molecule has 0 aliphatic rings. The smallest absolute Gasteiger partial charge is 0.313 e. The molecule has 8 heteroatoms. The Morgan fingerprint density at radius 2 is 2.12 bits per heavy atom. The van der Waals surface area contributed by atoms with E-state index in [2.05, 4.69) is 15.5 Å². The SMILES string of the molecule is COc1ccc(/C(C)=N\NC(=O)c2cccnc2)cc1CSCC(=O)O. The average Bonchev–Trinajstić information content (AvgIpc) is 2.66. The molecule has 0 radical (unpaired) electrons. The number of methoxy groups -OCH3 is 1. The fourth-order valence-corrected chi connectivity index (χ4v) is 2.85. The number of carbonyl (C=O) groups excluding carboxylic acids is 1. The molecule has 2 rings (SSSR count). The molecule has 0 aliphatic heterocycles. The first-order valence-electron chi connectivity index (χ1n) is 7.72. The topological polar surface area (TPSA) is 101 Å². The lowest BCUT2D eigenvalue weighted by Gasteiger charge is -2.10. The minimum absolute atomic E-state index is 0.0155. The maximum absolute atomic E-state index is 12.0. The van der Waals surface area contributed by atoms with Crippen molar-refractivity contribution in [3.05, 3.63) is 59.4 Å². The van der Waals surface area contributed by atoms with Gasteiger partial charge in [-0.2, -0.15) is 5.10 Å². The normalized spacial score (nSPS) is 11.1. The highest BCUT2D eigenvalue weighted by atomic mass is 32.2. The maximum Gasteiger partial charge on any atom is 0.313 e. The molecule has 136 valence electrons. The van der Waals surface area contributed by atoms with Gasteiger partial charge in [0, 0.05) is 23.7 Å². The van der Waals surface area contributed by atoms with Crippen LogP contribution in [0.25, 0.3) is 0 Å². The van der Waals surface area contributed by atoms with Gasteiger partial charge in [0.25, 0.3) is 5.91 Å². The van der Waals surface area contributed by atoms with E-state index in [0.717, 1.165) is 11.1 Å². The van der Waals surface area contributed by atoms with Crippen LogP contribution in [0.15, 0.2) is 47.8 Å². The highest BCUT2D eigenvalue weighted by Crippen LogP contribution is 2.25. The molecule has 1 heterocycles. The van der Waals surface area contributed by atoms with Crippen LogP contribution in [0, 0.1) is 0 Å². The predicted octanol–water partition coefficient (Wildman–Crippen LogP) is 2.56. The van der Waals surface area contributed by atoms with Crippen molar-refractivity contribution in [3.8, 4) is 5.75 Å². The average molecular weight is 373 g/mol. The molecule has 0 spiro atoms. The van der Waals surface area contributed by atoms with Crippen LogP contribution in [0.1, 0.15) is 28.4 Å². The number of carboxylic acids is 1. The van der Waals surface area contributed by atoms with E-state index in [-0.39, 0.29) is 11.7 Å². The Balaban J connectivity index is 2.10. The number of carboxylic acid groups (broad SMARTS) is 1. The zero-order valence-corrected chi connectivity index (χ0v) is 15.2. The Hall–Kier alpha value is -2.87. The molecule has 2 aromatic rings. The van der Waals surface area contributed by atoms with E-state index in [4.69, 9.17) is 9.84 Å². The fourth-order valence-electron chi connectivity index (χ4n) is 2.13. The minimum atomic E-state index is -0.860. The Kier molecular flexibility index (Phi) is 7.16. The first-order valence-corrected chi connectivity index (χ1v) is 8.88. The van der Waals surface area contributed by atoms with Crippen molar-refractivity contribution in [2.24, 2.45) is 5.10 Å². The van der Waals surface area contributed by atoms with Crippen LogP contribution in [-0.2, 0) is 10.5 Å². The molecule has 26 heavy (non-hydrogen) atoms. The van der Waals surface area contributed by atoms with Gasteiger partial charge in [0.1, 0.15) is 5.75 Å². The van der Waals surface area contributed by atoms with Crippen LogP contribution in [0.4, 0.5) is 0 Å². The molecule has 1 aromatic carbocycles. The van der Waals surface area contributed by atoms with Gasteiger partial charge in [0.2, 0.25) is 0 Å². The summed E-state index contributed by atoms with van der Waals surface area (Å²) in [4.78, 5) is 26.6. The fraction of sp³-hybridized carbons (Fsp3) is 0.222. The van der Waals surface area contributed by atoms with Crippen LogP contribution in [-0.4, -0.2) is 40.5 Å². The molecule has 1 amide bonds. The Morgan fingerprint density at radius 3 is 2.77 bits per heavy atom. The Bertz CT molecular complexity index is 809. The summed E-state index contributed by atoms with van der Waals surface area (Å²) < 4.78 is 5.32. The number of hydrogen-bond acceptors (Lipinski definition) is 6. The van der Waals surface area contributed by atoms with E-state index in [1.807, 2.05) is 12.1 Å². The van der Waals surface area contributed by atoms with Gasteiger partial charge in [-0.05, 0) is 42.8 Å². The summed E-state index contributed by atoms with van der Waals surface area (Å²) in [6.07, 6.45) is 3.05. The number of rotatable bonds is 8. The third kappa shape index (κ3) is 5.59. The van der Waals surface area contributed by atoms with Crippen molar-refractivity contribution < 1.29 is 19.4 Å². The number of thioether (sulfide) groups is 1. The molecular formula is C18H19N3O4S. The standard InChI is InChI=1S/C18H19N3O4S/c1-12(20-21-18(24)14-4-3-7-19-9-14)13-5-6-16(25-2)15(8-13)10-26-11-17(22)23/h3-9H,10-11H2,1-2H3,(H,21,24)(H,22,23)/b20-12-. The highest BCUT2D eigenvalue weighted by molar-refractivity contribution is 7.99. The van der Waals surface area contributed by atoms with E-state index in [1.165, 1.54) is 18.0 Å². The first-order chi connectivity index (χ1) is 12.5. The third-order valence-corrected chi connectivity index (χ3v) is 4.40. The lowest BCUT2D eigenvalue weighted by molar-refractivity contribution is -0.133. The van der Waals surface area contributed by atoms with E-state index >= 15 is 0 Å². The van der Waals surface area contributed by atoms with Crippen LogP contribution in [0.5, 0.6) is 5.75 Å². The molecule has 2 N–H and O–H groups in total. The summed E-state index contributed by atoms with van der Waals surface area (Å²) in [5.41, 5.74) is 5.21. The number of nitrogens with one attached hydrogen (secondary N) is 1. The molecule has 1 aromatic heterocycles. The van der Waals surface area contributed by atoms with Crippen molar-refractivity contribution in [2.75, 3.05) is 12.9 Å². The van der Waals surface area contributed by atoms with Crippen LogP contribution < -0.4 is 10.2 Å². The summed E-state index contributed by atoms with van der Waals surface area (Å²) >= 11 is 1.28. The van der Waals surface area contributed by atoms with Crippen molar-refractivity contribution >= 4 is 29.4 Å². The lowest BCUT2D eigenvalue weighted by Crippen LogP contribution is -2.19. The van der Waals surface area contributed by atoms with Crippen LogP contribution in [0.3, 0.4) is 0 Å². The minimum Gasteiger partial charge on any atom is -0.496 e. The predicted molar refractivity (Wildman–Crippen MR) is 101 cm³/mol. The van der Waals surface area contributed by atoms with Crippen molar-refractivity contribution in [3.63, 3.8) is 0 Å². The highest BCUT2D eigenvalue weighted by Gasteiger charge is 2.09. The monoisotopic (exact) mass is 373 g/mol. The van der Waals surface area contributed by atoms with E-state index in [1.54, 1.807) is 38.4 Å². The zero-order chi connectivity index (χ0) is 18.9. The zero-order valence-electron chi connectivity index (χ0n) is 14.4. The molecule has 0 fully saturated rings. The summed E-state index contributed by atoms with van der Waals surface area (Å²) in [7, 11) is 1.56. The molecule has 7 nitrogen and oxygen atoms in total. The Morgan fingerprint density at radius 1 is 1.31 bits per heavy atom. The Labute approximate surface area is 155 Å². The van der Waals surface area contributed by atoms with Gasteiger partial charge in [0.15, 0.2) is 0 Å². The van der Waals surface area contributed by atoms with Gasteiger partial charge in [-0.25, -0.2) is 5.43 Å². The van der Waals surface area contributed by atoms with Gasteiger partial charge in [-0.1, -0.05) is 0 Å². The number of hydrazone groups is 1. The summed E-state index contributed by atoms with van der Waals surface area (Å²) in [5.74, 6) is -0.0108. The second-order valence-electron chi connectivity index (χ2n) is 5.29. The first kappa shape index (κ1) is 19.5. The molecule has 0 saturated carbocycles. The van der Waals surface area contributed by atoms with Crippen molar-refractivity contribution in [2.45, 2.75) is 12.7 Å². The molecule has 0 atom stereocenters. The number of amides is 1. The maximum atomic E-state index is 12.0. The van der Waals surface area contributed by atoms with Gasteiger partial charge >= 0.3 is 5.97 Å². The molecule has 0 saturated heterocycles. The van der Waals surface area contributed by atoms with E-state index < -0.39 is 5.97 Å². The number of hydrogen-bond donors (Lipinski definition) is 2. The number of nitrogens with zero attached hydrogens (tertiary/aromatic N) is 2. The number of aromatic nitrogens is 1. The number of benzene rings is 1. The van der Waals surface area contributed by atoms with Crippen LogP contribution in [0.2, 0.25) is 0 Å². The van der Waals surface area contributed by atoms with E-state index in [9.17, 15) is 9.59 Å². The quantitative estimate of drug-likeness (QED) is 0.545. The summed E-state index contributed by atoms with van der Waals surface area (Å²) in [6.45, 7) is 1.78. The number of carbonyl (C=O) groups is 2. The molecule has 0 unspecified atom stereocenters. The second-order valence-corrected chi connectivity index (χ2v) is 6.28. The van der Waals surface area contributed by atoms with Gasteiger partial charge in [-0.15, -0.1) is 11.8 Å². The van der Waals surface area contributed by atoms with Gasteiger partial charge < -0.3 is 9.84 Å².